The van der Waals surface area contributed by atoms with Gasteiger partial charge in [-0.3, -0.25) is 9.48 Å². The van der Waals surface area contributed by atoms with Crippen LogP contribution in [0.2, 0.25) is 0 Å². The molecule has 1 aromatic heterocycles. The Bertz CT molecular complexity index is 713. The van der Waals surface area contributed by atoms with E-state index in [1.807, 2.05) is 32.4 Å². The molecule has 0 spiro atoms. The standard InChI is InChI=1S/C16H25N3O3S/c1-6-8-18(13-7-9-23(21,22)11-13)15(20)14-10-17-19(12(14)2)16(3,4)5/h6,10,13H,1,7-9,11H2,2-5H3. The van der Waals surface area contributed by atoms with Crippen LogP contribution in [0.5, 0.6) is 0 Å². The van der Waals surface area contributed by atoms with Crippen LogP contribution in [0.1, 0.15) is 43.2 Å². The lowest BCUT2D eigenvalue weighted by atomic mass is 10.1. The first kappa shape index (κ1) is 17.7. The average Bonchev–Trinajstić information content (AvgIpc) is 2.97. The molecule has 0 aromatic carbocycles. The highest BCUT2D eigenvalue weighted by atomic mass is 32.2. The third kappa shape index (κ3) is 3.65. The molecule has 1 atom stereocenters. The smallest absolute Gasteiger partial charge is 0.257 e. The zero-order valence-electron chi connectivity index (χ0n) is 14.2. The van der Waals surface area contributed by atoms with Crippen LogP contribution in [-0.2, 0) is 15.4 Å². The highest BCUT2D eigenvalue weighted by Gasteiger charge is 2.35. The third-order valence-corrected chi connectivity index (χ3v) is 5.86. The maximum Gasteiger partial charge on any atom is 0.257 e. The number of nitrogens with zero attached hydrogens (tertiary/aromatic N) is 3. The van der Waals surface area contributed by atoms with Crippen molar-refractivity contribution in [2.24, 2.45) is 0 Å². The first-order valence-electron chi connectivity index (χ1n) is 7.74. The van der Waals surface area contributed by atoms with Gasteiger partial charge < -0.3 is 4.90 Å². The van der Waals surface area contributed by atoms with Crippen LogP contribution in [0.3, 0.4) is 0 Å². The Morgan fingerprint density at radius 1 is 1.52 bits per heavy atom. The van der Waals surface area contributed by atoms with Gasteiger partial charge in [-0.2, -0.15) is 5.10 Å². The van der Waals surface area contributed by atoms with E-state index in [0.29, 0.717) is 18.5 Å². The van der Waals surface area contributed by atoms with Crippen LogP contribution < -0.4 is 0 Å². The van der Waals surface area contributed by atoms with E-state index in [1.165, 1.54) is 0 Å². The van der Waals surface area contributed by atoms with E-state index in [4.69, 9.17) is 0 Å². The van der Waals surface area contributed by atoms with Crippen LogP contribution in [0, 0.1) is 6.92 Å². The molecule has 6 nitrogen and oxygen atoms in total. The highest BCUT2D eigenvalue weighted by Crippen LogP contribution is 2.23. The Kier molecular flexibility index (Phi) is 4.71. The fourth-order valence-electron chi connectivity index (χ4n) is 3.01. The molecule has 0 aliphatic carbocycles. The van der Waals surface area contributed by atoms with Gasteiger partial charge in [0.05, 0.1) is 28.8 Å². The predicted molar refractivity (Wildman–Crippen MR) is 90.3 cm³/mol. The molecule has 1 amide bonds. The van der Waals surface area contributed by atoms with E-state index in [1.54, 1.807) is 17.2 Å². The second-order valence-electron chi connectivity index (χ2n) is 7.03. The molecule has 1 saturated heterocycles. The SMILES string of the molecule is C=CCN(C(=O)c1cnn(C(C)(C)C)c1C)C1CCS(=O)(=O)C1. The molecule has 23 heavy (non-hydrogen) atoms. The molecule has 128 valence electrons. The molecule has 7 heteroatoms. The summed E-state index contributed by atoms with van der Waals surface area (Å²) in [5.41, 5.74) is 1.09. The summed E-state index contributed by atoms with van der Waals surface area (Å²) in [6.45, 7) is 11.9. The number of rotatable bonds is 4. The van der Waals surface area contributed by atoms with E-state index in [-0.39, 0.29) is 29.0 Å². The summed E-state index contributed by atoms with van der Waals surface area (Å²) < 4.78 is 25.3. The van der Waals surface area contributed by atoms with Gasteiger partial charge in [-0.1, -0.05) is 6.08 Å². The number of hydrogen-bond donors (Lipinski definition) is 0. The summed E-state index contributed by atoms with van der Waals surface area (Å²) in [6, 6.07) is -0.289. The Morgan fingerprint density at radius 3 is 2.61 bits per heavy atom. The van der Waals surface area contributed by atoms with Crippen molar-refractivity contribution in [3.63, 3.8) is 0 Å². The maximum atomic E-state index is 12.9. The Hall–Kier alpha value is -1.63. The van der Waals surface area contributed by atoms with E-state index >= 15 is 0 Å². The lowest BCUT2D eigenvalue weighted by molar-refractivity contribution is 0.0719. The van der Waals surface area contributed by atoms with Gasteiger partial charge in [0.2, 0.25) is 0 Å². The summed E-state index contributed by atoms with van der Waals surface area (Å²) in [5.74, 6) is -0.0160. The second-order valence-corrected chi connectivity index (χ2v) is 9.26. The van der Waals surface area contributed by atoms with E-state index < -0.39 is 9.84 Å². The lowest BCUT2D eigenvalue weighted by Crippen LogP contribution is -2.41. The Morgan fingerprint density at radius 2 is 2.17 bits per heavy atom. The molecule has 2 rings (SSSR count). The normalized spacial score (nSPS) is 20.4. The minimum atomic E-state index is -3.05. The van der Waals surface area contributed by atoms with Gasteiger partial charge >= 0.3 is 0 Å². The Balaban J connectivity index is 2.32. The minimum Gasteiger partial charge on any atom is -0.331 e. The number of carbonyl (C=O) groups excluding carboxylic acids is 1. The molecular formula is C16H25N3O3S. The van der Waals surface area contributed by atoms with Crippen LogP contribution in [0.15, 0.2) is 18.9 Å². The van der Waals surface area contributed by atoms with Crippen LogP contribution in [-0.4, -0.2) is 53.1 Å². The topological polar surface area (TPSA) is 72.3 Å². The summed E-state index contributed by atoms with van der Waals surface area (Å²) in [6.07, 6.45) is 3.68. The number of aromatic nitrogens is 2. The van der Waals surface area contributed by atoms with Crippen molar-refractivity contribution in [2.75, 3.05) is 18.1 Å². The van der Waals surface area contributed by atoms with Crippen molar-refractivity contribution in [1.82, 2.24) is 14.7 Å². The van der Waals surface area contributed by atoms with Crippen LogP contribution in [0.4, 0.5) is 0 Å². The molecule has 0 saturated carbocycles. The maximum absolute atomic E-state index is 12.9. The molecule has 2 heterocycles. The predicted octanol–water partition coefficient (Wildman–Crippen LogP) is 1.76. The molecule has 0 bridgehead atoms. The van der Waals surface area contributed by atoms with Gasteiger partial charge in [0.1, 0.15) is 0 Å². The van der Waals surface area contributed by atoms with Crippen molar-refractivity contribution >= 4 is 15.7 Å². The van der Waals surface area contributed by atoms with Gasteiger partial charge in [0, 0.05) is 18.3 Å². The van der Waals surface area contributed by atoms with Crippen LogP contribution in [0.25, 0.3) is 0 Å². The summed E-state index contributed by atoms with van der Waals surface area (Å²) in [5, 5.41) is 4.33. The monoisotopic (exact) mass is 339 g/mol. The largest absolute Gasteiger partial charge is 0.331 e. The van der Waals surface area contributed by atoms with Crippen LogP contribution >= 0.6 is 0 Å². The number of hydrogen-bond acceptors (Lipinski definition) is 4. The number of sulfone groups is 1. The molecular weight excluding hydrogens is 314 g/mol. The number of amides is 1. The molecule has 1 fully saturated rings. The quantitative estimate of drug-likeness (QED) is 0.784. The molecule has 0 N–H and O–H groups in total. The van der Waals surface area contributed by atoms with Gasteiger partial charge in [0.15, 0.2) is 9.84 Å². The summed E-state index contributed by atoms with van der Waals surface area (Å²) in [7, 11) is -3.05. The van der Waals surface area contributed by atoms with Crippen molar-refractivity contribution in [2.45, 2.75) is 45.7 Å². The zero-order valence-corrected chi connectivity index (χ0v) is 15.1. The molecule has 1 aromatic rings. The van der Waals surface area contributed by atoms with Gasteiger partial charge in [0.25, 0.3) is 5.91 Å². The minimum absolute atomic E-state index is 0.0268. The average molecular weight is 339 g/mol. The highest BCUT2D eigenvalue weighted by molar-refractivity contribution is 7.91. The molecule has 1 aliphatic heterocycles. The first-order chi connectivity index (χ1) is 10.6. The van der Waals surface area contributed by atoms with Gasteiger partial charge in [-0.15, -0.1) is 6.58 Å². The van der Waals surface area contributed by atoms with Crippen molar-refractivity contribution < 1.29 is 13.2 Å². The van der Waals surface area contributed by atoms with Gasteiger partial charge in [-0.25, -0.2) is 8.42 Å². The fourth-order valence-corrected chi connectivity index (χ4v) is 4.74. The van der Waals surface area contributed by atoms with Crippen molar-refractivity contribution in [3.8, 4) is 0 Å². The molecule has 0 radical (unpaired) electrons. The van der Waals surface area contributed by atoms with Crippen molar-refractivity contribution in [3.05, 3.63) is 30.1 Å². The van der Waals surface area contributed by atoms with E-state index in [2.05, 4.69) is 11.7 Å². The second kappa shape index (κ2) is 6.11. The fraction of sp³-hybridized carbons (Fsp3) is 0.625. The summed E-state index contributed by atoms with van der Waals surface area (Å²) in [4.78, 5) is 14.5. The first-order valence-corrected chi connectivity index (χ1v) is 9.56. The number of carbonyl (C=O) groups is 1. The van der Waals surface area contributed by atoms with Crippen molar-refractivity contribution in [1.29, 1.82) is 0 Å². The third-order valence-electron chi connectivity index (χ3n) is 4.11. The lowest BCUT2D eigenvalue weighted by Gasteiger charge is -2.27. The molecule has 1 aliphatic rings. The zero-order chi connectivity index (χ0) is 17.4. The molecule has 1 unspecified atom stereocenters. The van der Waals surface area contributed by atoms with Gasteiger partial charge in [-0.05, 0) is 34.1 Å². The Labute approximate surface area is 138 Å². The summed E-state index contributed by atoms with van der Waals surface area (Å²) >= 11 is 0. The van der Waals surface area contributed by atoms with E-state index in [0.717, 1.165) is 5.69 Å². The van der Waals surface area contributed by atoms with E-state index in [9.17, 15) is 13.2 Å².